The van der Waals surface area contributed by atoms with E-state index in [2.05, 4.69) is 0 Å². The zero-order valence-electron chi connectivity index (χ0n) is 10.9. The molecule has 1 saturated heterocycles. The van der Waals surface area contributed by atoms with Crippen LogP contribution in [0.5, 0.6) is 0 Å². The molecule has 1 fully saturated rings. The monoisotopic (exact) mass is 266 g/mol. The summed E-state index contributed by atoms with van der Waals surface area (Å²) in [6.07, 6.45) is 0.0951. The quantitative estimate of drug-likeness (QED) is 0.487. The number of esters is 1. The SMILES string of the molecule is O=C1O[C@H](c2ccccc2)C[C@@H]1C(=O)c1ccccc1. The summed E-state index contributed by atoms with van der Waals surface area (Å²) in [6, 6.07) is 18.4. The van der Waals surface area contributed by atoms with Crippen molar-refractivity contribution in [1.29, 1.82) is 0 Å². The van der Waals surface area contributed by atoms with E-state index >= 15 is 0 Å². The van der Waals surface area contributed by atoms with Gasteiger partial charge in [-0.25, -0.2) is 0 Å². The number of hydrogen-bond donors (Lipinski definition) is 0. The van der Waals surface area contributed by atoms with Crippen LogP contribution < -0.4 is 0 Å². The van der Waals surface area contributed by atoms with Gasteiger partial charge in [0.15, 0.2) is 5.78 Å². The molecule has 2 atom stereocenters. The number of cyclic esters (lactones) is 1. The molecule has 0 unspecified atom stereocenters. The molecule has 3 nitrogen and oxygen atoms in total. The Kier molecular flexibility index (Phi) is 3.33. The van der Waals surface area contributed by atoms with Gasteiger partial charge in [-0.05, 0) is 5.56 Å². The van der Waals surface area contributed by atoms with E-state index in [1.165, 1.54) is 0 Å². The van der Waals surface area contributed by atoms with Crippen LogP contribution in [0, 0.1) is 5.92 Å². The molecule has 20 heavy (non-hydrogen) atoms. The molecule has 3 heteroatoms. The van der Waals surface area contributed by atoms with Crippen molar-refractivity contribution < 1.29 is 14.3 Å². The predicted molar refractivity (Wildman–Crippen MR) is 74.2 cm³/mol. The molecular formula is C17H14O3. The lowest BCUT2D eigenvalue weighted by atomic mass is 9.93. The number of hydrogen-bond acceptors (Lipinski definition) is 3. The second-order valence-electron chi connectivity index (χ2n) is 4.85. The number of carbonyl (C=O) groups excluding carboxylic acids is 2. The maximum atomic E-state index is 12.3. The summed E-state index contributed by atoms with van der Waals surface area (Å²) in [4.78, 5) is 24.3. The van der Waals surface area contributed by atoms with Crippen LogP contribution >= 0.6 is 0 Å². The molecule has 1 aliphatic rings. The fourth-order valence-corrected chi connectivity index (χ4v) is 2.47. The average Bonchev–Trinajstić information content (AvgIpc) is 2.90. The molecule has 1 heterocycles. The second kappa shape index (κ2) is 5.29. The normalized spacial score (nSPS) is 21.5. The molecule has 1 aliphatic heterocycles. The largest absolute Gasteiger partial charge is 0.457 e. The molecule has 0 saturated carbocycles. The van der Waals surface area contributed by atoms with Crippen molar-refractivity contribution in [2.75, 3.05) is 0 Å². The van der Waals surface area contributed by atoms with Crippen LogP contribution in [-0.2, 0) is 9.53 Å². The van der Waals surface area contributed by atoms with Crippen molar-refractivity contribution in [3.63, 3.8) is 0 Å². The highest BCUT2D eigenvalue weighted by Gasteiger charge is 2.40. The summed E-state index contributed by atoms with van der Waals surface area (Å²) in [7, 11) is 0. The first-order chi connectivity index (χ1) is 9.75. The van der Waals surface area contributed by atoms with Crippen molar-refractivity contribution >= 4 is 11.8 Å². The molecule has 0 aliphatic carbocycles. The number of benzene rings is 2. The topological polar surface area (TPSA) is 43.4 Å². The maximum absolute atomic E-state index is 12.3. The minimum absolute atomic E-state index is 0.158. The van der Waals surface area contributed by atoms with E-state index in [0.717, 1.165) is 5.56 Å². The van der Waals surface area contributed by atoms with Gasteiger partial charge in [-0.2, -0.15) is 0 Å². The number of carbonyl (C=O) groups is 2. The van der Waals surface area contributed by atoms with Gasteiger partial charge in [0.2, 0.25) is 0 Å². The number of ether oxygens (including phenoxy) is 1. The van der Waals surface area contributed by atoms with Gasteiger partial charge in [0.1, 0.15) is 12.0 Å². The first kappa shape index (κ1) is 12.6. The predicted octanol–water partition coefficient (Wildman–Crippen LogP) is 3.17. The molecule has 2 aromatic carbocycles. The Balaban J connectivity index is 1.80. The van der Waals surface area contributed by atoms with Crippen LogP contribution in [0.25, 0.3) is 0 Å². The standard InChI is InChI=1S/C17H14O3/c18-16(13-9-5-2-6-10-13)14-11-15(20-17(14)19)12-7-3-1-4-8-12/h1-10,14-15H,11H2/t14-,15+/m1/s1. The number of ketones is 1. The van der Waals surface area contributed by atoms with Gasteiger partial charge in [0.25, 0.3) is 0 Å². The van der Waals surface area contributed by atoms with Gasteiger partial charge >= 0.3 is 5.97 Å². The Labute approximate surface area is 117 Å². The molecule has 100 valence electrons. The van der Waals surface area contributed by atoms with Gasteiger partial charge in [0, 0.05) is 12.0 Å². The zero-order chi connectivity index (χ0) is 13.9. The van der Waals surface area contributed by atoms with E-state index in [1.807, 2.05) is 36.4 Å². The van der Waals surface area contributed by atoms with E-state index in [-0.39, 0.29) is 11.9 Å². The third kappa shape index (κ3) is 2.35. The molecule has 0 bridgehead atoms. The van der Waals surface area contributed by atoms with E-state index in [4.69, 9.17) is 4.74 Å². The fourth-order valence-electron chi connectivity index (χ4n) is 2.47. The van der Waals surface area contributed by atoms with Gasteiger partial charge in [0.05, 0.1) is 0 Å². The Morgan fingerprint density at radius 1 is 0.950 bits per heavy atom. The molecule has 0 N–H and O–H groups in total. The average molecular weight is 266 g/mol. The Morgan fingerprint density at radius 2 is 1.55 bits per heavy atom. The van der Waals surface area contributed by atoms with Crippen molar-refractivity contribution in [3.8, 4) is 0 Å². The summed E-state index contributed by atoms with van der Waals surface area (Å²) >= 11 is 0. The number of Topliss-reactive ketones (excluding diaryl/α,β-unsaturated/α-hetero) is 1. The van der Waals surface area contributed by atoms with E-state index < -0.39 is 11.9 Å². The highest BCUT2D eigenvalue weighted by Crippen LogP contribution is 2.34. The van der Waals surface area contributed by atoms with Crippen LogP contribution in [0.15, 0.2) is 60.7 Å². The van der Waals surface area contributed by atoms with Crippen molar-refractivity contribution in [2.24, 2.45) is 5.92 Å². The van der Waals surface area contributed by atoms with Crippen LogP contribution in [0.1, 0.15) is 28.4 Å². The van der Waals surface area contributed by atoms with Gasteiger partial charge < -0.3 is 4.74 Å². The summed E-state index contributed by atoms with van der Waals surface area (Å²) in [5.41, 5.74) is 1.49. The van der Waals surface area contributed by atoms with Crippen molar-refractivity contribution in [1.82, 2.24) is 0 Å². The van der Waals surface area contributed by atoms with Gasteiger partial charge in [-0.15, -0.1) is 0 Å². The molecule has 3 rings (SSSR count). The van der Waals surface area contributed by atoms with Crippen molar-refractivity contribution in [2.45, 2.75) is 12.5 Å². The van der Waals surface area contributed by atoms with E-state index in [9.17, 15) is 9.59 Å². The molecule has 0 amide bonds. The van der Waals surface area contributed by atoms with Crippen LogP contribution in [0.2, 0.25) is 0 Å². The van der Waals surface area contributed by atoms with Gasteiger partial charge in [-0.1, -0.05) is 60.7 Å². The van der Waals surface area contributed by atoms with Crippen molar-refractivity contribution in [3.05, 3.63) is 71.8 Å². The summed E-state index contributed by atoms with van der Waals surface area (Å²) in [5, 5.41) is 0. The molecule has 0 radical (unpaired) electrons. The maximum Gasteiger partial charge on any atom is 0.317 e. The summed E-state index contributed by atoms with van der Waals surface area (Å²) in [5.74, 6) is -1.27. The zero-order valence-corrected chi connectivity index (χ0v) is 10.9. The minimum atomic E-state index is -0.692. The summed E-state index contributed by atoms with van der Waals surface area (Å²) < 4.78 is 5.34. The first-order valence-electron chi connectivity index (χ1n) is 6.60. The molecular weight excluding hydrogens is 252 g/mol. The highest BCUT2D eigenvalue weighted by molar-refractivity contribution is 6.09. The third-order valence-electron chi connectivity index (χ3n) is 3.54. The van der Waals surface area contributed by atoms with E-state index in [0.29, 0.717) is 12.0 Å². The third-order valence-corrected chi connectivity index (χ3v) is 3.54. The lowest BCUT2D eigenvalue weighted by Gasteiger charge is -2.08. The summed E-state index contributed by atoms with van der Waals surface area (Å²) in [6.45, 7) is 0. The van der Waals surface area contributed by atoms with E-state index in [1.54, 1.807) is 24.3 Å². The van der Waals surface area contributed by atoms with Crippen LogP contribution in [0.4, 0.5) is 0 Å². The smallest absolute Gasteiger partial charge is 0.317 e. The molecule has 0 spiro atoms. The minimum Gasteiger partial charge on any atom is -0.457 e. The Morgan fingerprint density at radius 3 is 2.20 bits per heavy atom. The first-order valence-corrected chi connectivity index (χ1v) is 6.60. The Bertz CT molecular complexity index is 619. The lowest BCUT2D eigenvalue weighted by molar-refractivity contribution is -0.143. The lowest BCUT2D eigenvalue weighted by Crippen LogP contribution is -2.19. The number of rotatable bonds is 3. The van der Waals surface area contributed by atoms with Gasteiger partial charge in [-0.3, -0.25) is 9.59 Å². The fraction of sp³-hybridized carbons (Fsp3) is 0.176. The molecule has 2 aromatic rings. The van der Waals surface area contributed by atoms with Crippen LogP contribution in [0.3, 0.4) is 0 Å². The second-order valence-corrected chi connectivity index (χ2v) is 4.85. The van der Waals surface area contributed by atoms with Crippen LogP contribution in [-0.4, -0.2) is 11.8 Å². The molecule has 0 aromatic heterocycles. The highest BCUT2D eigenvalue weighted by atomic mass is 16.6. The Hall–Kier alpha value is -2.42.